The Balaban J connectivity index is 1.76. The maximum atomic E-state index is 12.1. The van der Waals surface area contributed by atoms with E-state index in [2.05, 4.69) is 12.2 Å². The van der Waals surface area contributed by atoms with Gasteiger partial charge in [-0.25, -0.2) is 4.79 Å². The van der Waals surface area contributed by atoms with Gasteiger partial charge in [0.2, 0.25) is 0 Å². The number of nitrogens with zero attached hydrogens (tertiary/aromatic N) is 1. The Morgan fingerprint density at radius 2 is 1.77 bits per heavy atom. The minimum absolute atomic E-state index is 0.168. The van der Waals surface area contributed by atoms with Crippen LogP contribution in [0.5, 0.6) is 0 Å². The number of rotatable bonds is 3. The molecular formula is C18H34N2O2. The van der Waals surface area contributed by atoms with Crippen LogP contribution in [0.4, 0.5) is 4.79 Å². The van der Waals surface area contributed by atoms with Crippen LogP contribution in [-0.4, -0.2) is 41.8 Å². The summed E-state index contributed by atoms with van der Waals surface area (Å²) in [5.41, 5.74) is -0.407. The van der Waals surface area contributed by atoms with Crippen molar-refractivity contribution in [3.05, 3.63) is 0 Å². The van der Waals surface area contributed by atoms with Gasteiger partial charge in [-0.1, -0.05) is 25.7 Å². The number of carbonyl (C=O) groups is 1. The molecule has 1 N–H and O–H groups in total. The van der Waals surface area contributed by atoms with Crippen LogP contribution in [0, 0.1) is 5.92 Å². The average Bonchev–Trinajstić information content (AvgIpc) is 2.71. The van der Waals surface area contributed by atoms with Gasteiger partial charge in [0.1, 0.15) is 5.60 Å². The van der Waals surface area contributed by atoms with Gasteiger partial charge in [-0.3, -0.25) is 0 Å². The molecule has 1 heterocycles. The van der Waals surface area contributed by atoms with Gasteiger partial charge in [0, 0.05) is 25.2 Å². The lowest BCUT2D eigenvalue weighted by atomic mass is 9.92. The van der Waals surface area contributed by atoms with Crippen molar-refractivity contribution in [1.29, 1.82) is 0 Å². The van der Waals surface area contributed by atoms with Crippen molar-refractivity contribution < 1.29 is 9.53 Å². The van der Waals surface area contributed by atoms with E-state index in [-0.39, 0.29) is 6.09 Å². The fraction of sp³-hybridized carbons (Fsp3) is 0.944. The maximum Gasteiger partial charge on any atom is 0.410 e. The molecule has 0 spiro atoms. The van der Waals surface area contributed by atoms with Crippen LogP contribution in [0.15, 0.2) is 0 Å². The van der Waals surface area contributed by atoms with Gasteiger partial charge in [0.15, 0.2) is 0 Å². The number of amides is 1. The smallest absolute Gasteiger partial charge is 0.410 e. The Kier molecular flexibility index (Phi) is 6.13. The quantitative estimate of drug-likeness (QED) is 0.803. The lowest BCUT2D eigenvalue weighted by Crippen LogP contribution is -2.43. The highest BCUT2D eigenvalue weighted by molar-refractivity contribution is 5.68. The number of hydrogen-bond donors (Lipinski definition) is 1. The molecule has 0 bridgehead atoms. The molecule has 1 saturated carbocycles. The molecule has 0 aromatic rings. The normalized spacial score (nSPS) is 25.8. The van der Waals surface area contributed by atoms with Crippen molar-refractivity contribution in [2.45, 2.75) is 90.3 Å². The zero-order valence-corrected chi connectivity index (χ0v) is 14.9. The van der Waals surface area contributed by atoms with Crippen LogP contribution in [-0.2, 0) is 4.74 Å². The summed E-state index contributed by atoms with van der Waals surface area (Å²) >= 11 is 0. The second-order valence-electron chi connectivity index (χ2n) is 8.12. The molecule has 1 aliphatic carbocycles. The molecule has 0 aromatic carbocycles. The first-order valence-electron chi connectivity index (χ1n) is 9.09. The van der Waals surface area contributed by atoms with Gasteiger partial charge >= 0.3 is 6.09 Å². The second kappa shape index (κ2) is 7.67. The summed E-state index contributed by atoms with van der Waals surface area (Å²) in [4.78, 5) is 14.0. The van der Waals surface area contributed by atoms with Crippen LogP contribution in [0.1, 0.15) is 72.6 Å². The summed E-state index contributed by atoms with van der Waals surface area (Å²) in [6, 6.07) is 0.979. The standard InChI is InChI=1S/C18H34N2O2/c1-14(15-9-7-5-6-8-10-15)19-16-11-12-20(13-16)17(21)22-18(2,3)4/h14-16,19H,5-13H2,1-4H3/t14-,16?/m0/s1. The fourth-order valence-electron chi connectivity index (χ4n) is 3.71. The molecule has 1 amide bonds. The monoisotopic (exact) mass is 310 g/mol. The number of likely N-dealkylation sites (tertiary alicyclic amines) is 1. The molecule has 2 aliphatic rings. The molecule has 0 aromatic heterocycles. The van der Waals surface area contributed by atoms with E-state index < -0.39 is 5.60 Å². The number of carbonyl (C=O) groups excluding carboxylic acids is 1. The lowest BCUT2D eigenvalue weighted by Gasteiger charge is -2.27. The second-order valence-corrected chi connectivity index (χ2v) is 8.12. The molecule has 2 rings (SSSR count). The van der Waals surface area contributed by atoms with Gasteiger partial charge < -0.3 is 15.0 Å². The first-order valence-corrected chi connectivity index (χ1v) is 9.09. The van der Waals surface area contributed by atoms with Gasteiger partial charge in [-0.2, -0.15) is 0 Å². The van der Waals surface area contributed by atoms with Crippen molar-refractivity contribution in [2.75, 3.05) is 13.1 Å². The Bertz CT molecular complexity index is 357. The summed E-state index contributed by atoms with van der Waals surface area (Å²) < 4.78 is 5.47. The molecule has 22 heavy (non-hydrogen) atoms. The Morgan fingerprint density at radius 3 is 2.36 bits per heavy atom. The van der Waals surface area contributed by atoms with E-state index in [1.54, 1.807) is 0 Å². The summed E-state index contributed by atoms with van der Waals surface area (Å²) in [5, 5.41) is 3.77. The molecule has 4 nitrogen and oxygen atoms in total. The molecule has 1 aliphatic heterocycles. The van der Waals surface area contributed by atoms with Crippen LogP contribution in [0.2, 0.25) is 0 Å². The molecule has 1 saturated heterocycles. The molecule has 0 radical (unpaired) electrons. The minimum atomic E-state index is -0.407. The minimum Gasteiger partial charge on any atom is -0.444 e. The first kappa shape index (κ1) is 17.6. The van der Waals surface area contributed by atoms with E-state index in [0.29, 0.717) is 12.1 Å². The van der Waals surface area contributed by atoms with Crippen LogP contribution in [0.3, 0.4) is 0 Å². The maximum absolute atomic E-state index is 12.1. The SMILES string of the molecule is C[C@H](NC1CCN(C(=O)OC(C)(C)C)C1)C1CCCCCC1. The van der Waals surface area contributed by atoms with Gasteiger partial charge in [0.05, 0.1) is 0 Å². The highest BCUT2D eigenvalue weighted by Gasteiger charge is 2.31. The van der Waals surface area contributed by atoms with Crippen molar-refractivity contribution in [3.63, 3.8) is 0 Å². The number of hydrogen-bond acceptors (Lipinski definition) is 3. The fourth-order valence-corrected chi connectivity index (χ4v) is 3.71. The third-order valence-electron chi connectivity index (χ3n) is 4.95. The predicted molar refractivity (Wildman–Crippen MR) is 90.0 cm³/mol. The Labute approximate surface area is 136 Å². The molecular weight excluding hydrogens is 276 g/mol. The highest BCUT2D eigenvalue weighted by Crippen LogP contribution is 2.26. The summed E-state index contributed by atoms with van der Waals surface area (Å²) in [5.74, 6) is 0.804. The van der Waals surface area contributed by atoms with Crippen molar-refractivity contribution in [1.82, 2.24) is 10.2 Å². The average molecular weight is 310 g/mol. The summed E-state index contributed by atoms with van der Waals surface area (Å²) in [6.07, 6.45) is 9.15. The van der Waals surface area contributed by atoms with E-state index in [1.807, 2.05) is 25.7 Å². The summed E-state index contributed by atoms with van der Waals surface area (Å²) in [7, 11) is 0. The molecule has 128 valence electrons. The van der Waals surface area contributed by atoms with Crippen LogP contribution >= 0.6 is 0 Å². The van der Waals surface area contributed by atoms with Gasteiger partial charge in [-0.05, 0) is 52.9 Å². The van der Waals surface area contributed by atoms with Crippen molar-refractivity contribution >= 4 is 6.09 Å². The predicted octanol–water partition coefficient (Wildman–Crippen LogP) is 3.94. The van der Waals surface area contributed by atoms with E-state index >= 15 is 0 Å². The molecule has 2 atom stereocenters. The first-order chi connectivity index (χ1) is 10.3. The lowest BCUT2D eigenvalue weighted by molar-refractivity contribution is 0.0290. The number of ether oxygens (including phenoxy) is 1. The van der Waals surface area contributed by atoms with Crippen LogP contribution in [0.25, 0.3) is 0 Å². The zero-order chi connectivity index (χ0) is 16.2. The molecule has 1 unspecified atom stereocenters. The largest absolute Gasteiger partial charge is 0.444 e. The molecule has 2 fully saturated rings. The Hall–Kier alpha value is -0.770. The van der Waals surface area contributed by atoms with E-state index in [0.717, 1.165) is 25.4 Å². The molecule has 4 heteroatoms. The number of nitrogens with one attached hydrogen (secondary N) is 1. The third kappa shape index (κ3) is 5.45. The third-order valence-corrected chi connectivity index (χ3v) is 4.95. The van der Waals surface area contributed by atoms with Crippen molar-refractivity contribution in [3.8, 4) is 0 Å². The van der Waals surface area contributed by atoms with Gasteiger partial charge in [-0.15, -0.1) is 0 Å². The van der Waals surface area contributed by atoms with E-state index in [9.17, 15) is 4.79 Å². The van der Waals surface area contributed by atoms with E-state index in [4.69, 9.17) is 4.74 Å². The highest BCUT2D eigenvalue weighted by atomic mass is 16.6. The van der Waals surface area contributed by atoms with Crippen LogP contribution < -0.4 is 5.32 Å². The van der Waals surface area contributed by atoms with E-state index in [1.165, 1.54) is 38.5 Å². The zero-order valence-electron chi connectivity index (χ0n) is 14.9. The van der Waals surface area contributed by atoms with Crippen molar-refractivity contribution in [2.24, 2.45) is 5.92 Å². The van der Waals surface area contributed by atoms with Gasteiger partial charge in [0.25, 0.3) is 0 Å². The Morgan fingerprint density at radius 1 is 1.14 bits per heavy atom. The topological polar surface area (TPSA) is 41.6 Å². The summed E-state index contributed by atoms with van der Waals surface area (Å²) in [6.45, 7) is 9.68.